The van der Waals surface area contributed by atoms with Gasteiger partial charge in [-0.15, -0.1) is 6.42 Å². The van der Waals surface area contributed by atoms with Gasteiger partial charge in [-0.05, 0) is 34.1 Å². The molecule has 0 aromatic carbocycles. The highest BCUT2D eigenvalue weighted by Crippen LogP contribution is 2.12. The summed E-state index contributed by atoms with van der Waals surface area (Å²) in [5.74, 6) is 2.42. The van der Waals surface area contributed by atoms with Crippen molar-refractivity contribution in [3.05, 3.63) is 0 Å². The molecule has 1 amide bonds. The van der Waals surface area contributed by atoms with Crippen LogP contribution in [0, 0.1) is 12.3 Å². The summed E-state index contributed by atoms with van der Waals surface area (Å²) in [4.78, 5) is 13.2. The predicted octanol–water partition coefficient (Wildman–Crippen LogP) is 1.63. The van der Waals surface area contributed by atoms with Crippen LogP contribution in [-0.4, -0.2) is 40.9 Å². The quantitative estimate of drug-likeness (QED) is 0.743. The highest BCUT2D eigenvalue weighted by atomic mass is 16.6. The third kappa shape index (κ3) is 5.62. The minimum atomic E-state index is -0.539. The van der Waals surface area contributed by atoms with Gasteiger partial charge in [-0.3, -0.25) is 4.90 Å². The minimum Gasteiger partial charge on any atom is -0.444 e. The van der Waals surface area contributed by atoms with Gasteiger partial charge in [0.15, 0.2) is 0 Å². The Labute approximate surface area is 97.6 Å². The van der Waals surface area contributed by atoms with Crippen molar-refractivity contribution < 1.29 is 14.6 Å². The Morgan fingerprint density at radius 1 is 1.56 bits per heavy atom. The van der Waals surface area contributed by atoms with Gasteiger partial charge >= 0.3 is 6.09 Å². The van der Waals surface area contributed by atoms with Gasteiger partial charge in [-0.1, -0.05) is 5.92 Å². The maximum absolute atomic E-state index is 11.8. The number of ether oxygens (including phenoxy) is 1. The Bertz CT molecular complexity index is 262. The topological polar surface area (TPSA) is 49.8 Å². The molecule has 4 heteroatoms. The van der Waals surface area contributed by atoms with Crippen LogP contribution in [0.4, 0.5) is 4.79 Å². The average molecular weight is 227 g/mol. The lowest BCUT2D eigenvalue weighted by molar-refractivity contribution is 0.0188. The molecule has 1 N–H and O–H groups in total. The summed E-state index contributed by atoms with van der Waals surface area (Å²) in [6.07, 6.45) is 5.25. The molecule has 0 saturated heterocycles. The fraction of sp³-hybridized carbons (Fsp3) is 0.750. The Balaban J connectivity index is 4.53. The van der Waals surface area contributed by atoms with Crippen molar-refractivity contribution in [2.45, 2.75) is 45.8 Å². The summed E-state index contributed by atoms with van der Waals surface area (Å²) in [7, 11) is 0. The van der Waals surface area contributed by atoms with Crippen molar-refractivity contribution in [3.8, 4) is 12.3 Å². The average Bonchev–Trinajstić information content (AvgIpc) is 2.11. The van der Waals surface area contributed by atoms with E-state index in [1.165, 1.54) is 4.90 Å². The second-order valence-corrected chi connectivity index (χ2v) is 4.67. The van der Waals surface area contributed by atoms with Crippen molar-refractivity contribution in [2.24, 2.45) is 0 Å². The molecule has 0 saturated carbocycles. The van der Waals surface area contributed by atoms with E-state index in [9.17, 15) is 4.79 Å². The van der Waals surface area contributed by atoms with E-state index in [2.05, 4.69) is 5.92 Å². The number of terminal acetylenes is 1. The molecule has 16 heavy (non-hydrogen) atoms. The standard InChI is InChI=1S/C12H21NO3/c1-6-8-13(10(2)7-9-14)11(15)16-12(3,4)5/h1,10,14H,7-9H2,2-5H3/t10-/m0/s1. The Kier molecular flexibility index (Phi) is 5.91. The van der Waals surface area contributed by atoms with Gasteiger partial charge in [-0.25, -0.2) is 4.79 Å². The first-order valence-electron chi connectivity index (χ1n) is 5.35. The highest BCUT2D eigenvalue weighted by Gasteiger charge is 2.24. The monoisotopic (exact) mass is 227 g/mol. The third-order valence-electron chi connectivity index (χ3n) is 1.97. The third-order valence-corrected chi connectivity index (χ3v) is 1.97. The molecule has 0 aliphatic carbocycles. The van der Waals surface area contributed by atoms with Crippen LogP contribution in [-0.2, 0) is 4.74 Å². The maximum Gasteiger partial charge on any atom is 0.411 e. The zero-order valence-electron chi connectivity index (χ0n) is 10.5. The number of aliphatic hydroxyl groups excluding tert-OH is 1. The molecule has 4 nitrogen and oxygen atoms in total. The van der Waals surface area contributed by atoms with Crippen molar-refractivity contribution in [1.29, 1.82) is 0 Å². The molecule has 0 aromatic heterocycles. The Morgan fingerprint density at radius 2 is 2.12 bits per heavy atom. The van der Waals surface area contributed by atoms with Crippen molar-refractivity contribution >= 4 is 6.09 Å². The molecule has 0 radical (unpaired) electrons. The molecular weight excluding hydrogens is 206 g/mol. The summed E-state index contributed by atoms with van der Waals surface area (Å²) < 4.78 is 5.23. The lowest BCUT2D eigenvalue weighted by Crippen LogP contribution is -2.42. The lowest BCUT2D eigenvalue weighted by atomic mass is 10.2. The molecule has 0 fully saturated rings. The SMILES string of the molecule is C#CCN(C(=O)OC(C)(C)C)[C@@H](C)CCO. The second kappa shape index (κ2) is 6.39. The van der Waals surface area contributed by atoms with Gasteiger partial charge in [0.1, 0.15) is 5.60 Å². The number of amides is 1. The summed E-state index contributed by atoms with van der Waals surface area (Å²) >= 11 is 0. The summed E-state index contributed by atoms with van der Waals surface area (Å²) in [6.45, 7) is 7.44. The van der Waals surface area contributed by atoms with Gasteiger partial charge in [0.25, 0.3) is 0 Å². The molecule has 1 atom stereocenters. The van der Waals surface area contributed by atoms with Crippen molar-refractivity contribution in [3.63, 3.8) is 0 Å². The van der Waals surface area contributed by atoms with Crippen LogP contribution >= 0.6 is 0 Å². The largest absolute Gasteiger partial charge is 0.444 e. The molecule has 92 valence electrons. The van der Waals surface area contributed by atoms with Gasteiger partial charge in [0.2, 0.25) is 0 Å². The number of aliphatic hydroxyl groups is 1. The molecule has 0 bridgehead atoms. The van der Waals surface area contributed by atoms with E-state index in [4.69, 9.17) is 16.3 Å². The molecule has 0 rings (SSSR count). The molecule has 0 heterocycles. The fourth-order valence-electron chi connectivity index (χ4n) is 1.16. The minimum absolute atomic E-state index is 0.0189. The lowest BCUT2D eigenvalue weighted by Gasteiger charge is -2.30. The zero-order chi connectivity index (χ0) is 12.8. The Morgan fingerprint density at radius 3 is 2.50 bits per heavy atom. The molecule has 0 aromatic rings. The van der Waals surface area contributed by atoms with Gasteiger partial charge < -0.3 is 9.84 Å². The zero-order valence-corrected chi connectivity index (χ0v) is 10.5. The second-order valence-electron chi connectivity index (χ2n) is 4.67. The van der Waals surface area contributed by atoms with Crippen LogP contribution < -0.4 is 0 Å². The van der Waals surface area contributed by atoms with Crippen LogP contribution in [0.1, 0.15) is 34.1 Å². The molecule has 0 spiro atoms. The molecule has 0 aliphatic rings. The van der Waals surface area contributed by atoms with Gasteiger partial charge in [-0.2, -0.15) is 0 Å². The van der Waals surface area contributed by atoms with Gasteiger partial charge in [0, 0.05) is 12.6 Å². The van der Waals surface area contributed by atoms with E-state index >= 15 is 0 Å². The van der Waals surface area contributed by atoms with E-state index in [-0.39, 0.29) is 19.2 Å². The molecule has 0 aliphatic heterocycles. The van der Waals surface area contributed by atoms with Crippen LogP contribution in [0.5, 0.6) is 0 Å². The molecular formula is C12H21NO3. The molecule has 0 unspecified atom stereocenters. The first-order valence-corrected chi connectivity index (χ1v) is 5.35. The van der Waals surface area contributed by atoms with Crippen LogP contribution in [0.15, 0.2) is 0 Å². The Hall–Kier alpha value is -1.21. The van der Waals surface area contributed by atoms with Crippen molar-refractivity contribution in [2.75, 3.05) is 13.2 Å². The number of rotatable bonds is 4. The number of carbonyl (C=O) groups excluding carboxylic acids is 1. The fourth-order valence-corrected chi connectivity index (χ4v) is 1.16. The van der Waals surface area contributed by atoms with Crippen LogP contribution in [0.25, 0.3) is 0 Å². The van der Waals surface area contributed by atoms with E-state index < -0.39 is 11.7 Å². The summed E-state index contributed by atoms with van der Waals surface area (Å²) in [5, 5.41) is 8.84. The normalized spacial score (nSPS) is 12.8. The van der Waals surface area contributed by atoms with Crippen LogP contribution in [0.2, 0.25) is 0 Å². The number of carbonyl (C=O) groups is 1. The number of nitrogens with zero attached hydrogens (tertiary/aromatic N) is 1. The van der Waals surface area contributed by atoms with E-state index in [0.29, 0.717) is 6.42 Å². The van der Waals surface area contributed by atoms with Crippen LogP contribution in [0.3, 0.4) is 0 Å². The number of hydrogen-bond acceptors (Lipinski definition) is 3. The first-order chi connectivity index (χ1) is 7.31. The smallest absolute Gasteiger partial charge is 0.411 e. The van der Waals surface area contributed by atoms with Crippen molar-refractivity contribution in [1.82, 2.24) is 4.90 Å². The number of hydrogen-bond donors (Lipinski definition) is 1. The summed E-state index contributed by atoms with van der Waals surface area (Å²) in [5.41, 5.74) is -0.539. The maximum atomic E-state index is 11.8. The van der Waals surface area contributed by atoms with E-state index in [1.807, 2.05) is 6.92 Å². The first kappa shape index (κ1) is 14.8. The van der Waals surface area contributed by atoms with E-state index in [0.717, 1.165) is 0 Å². The van der Waals surface area contributed by atoms with Gasteiger partial charge in [0.05, 0.1) is 6.54 Å². The summed E-state index contributed by atoms with van der Waals surface area (Å²) in [6, 6.07) is -0.129. The predicted molar refractivity (Wildman–Crippen MR) is 62.9 cm³/mol. The highest BCUT2D eigenvalue weighted by molar-refractivity contribution is 5.68. The van der Waals surface area contributed by atoms with E-state index in [1.54, 1.807) is 20.8 Å².